The standard InChI is InChI=1S/C6H10N4.2ClH/c7-9-5-1-2-6(10-8)4-3-5;;/h1-4,9-10H,7-8H2;2*1H. The van der Waals surface area contributed by atoms with Crippen LogP contribution in [0, 0.1) is 0 Å². The first-order valence-corrected chi connectivity index (χ1v) is 2.90. The van der Waals surface area contributed by atoms with Gasteiger partial charge < -0.3 is 10.9 Å². The van der Waals surface area contributed by atoms with Crippen LogP contribution in [0.25, 0.3) is 0 Å². The van der Waals surface area contributed by atoms with Gasteiger partial charge in [0.2, 0.25) is 0 Å². The Morgan fingerprint density at radius 2 is 1.00 bits per heavy atom. The number of halogens is 2. The van der Waals surface area contributed by atoms with E-state index in [2.05, 4.69) is 10.9 Å². The van der Waals surface area contributed by atoms with E-state index in [0.717, 1.165) is 11.4 Å². The fourth-order valence-electron chi connectivity index (χ4n) is 0.663. The molecule has 0 fully saturated rings. The van der Waals surface area contributed by atoms with E-state index in [-0.39, 0.29) is 24.8 Å². The smallest absolute Gasteiger partial charge is 0.0486 e. The van der Waals surface area contributed by atoms with Gasteiger partial charge in [-0.05, 0) is 24.3 Å². The van der Waals surface area contributed by atoms with Gasteiger partial charge in [-0.2, -0.15) is 0 Å². The summed E-state index contributed by atoms with van der Waals surface area (Å²) < 4.78 is 0. The monoisotopic (exact) mass is 210 g/mol. The molecular formula is C6H12Cl2N4. The zero-order chi connectivity index (χ0) is 7.40. The summed E-state index contributed by atoms with van der Waals surface area (Å²) in [5.74, 6) is 10.3. The topological polar surface area (TPSA) is 76.1 Å². The molecule has 0 radical (unpaired) electrons. The van der Waals surface area contributed by atoms with E-state index in [4.69, 9.17) is 11.7 Å². The lowest BCUT2D eigenvalue weighted by Gasteiger charge is -2.00. The van der Waals surface area contributed by atoms with E-state index in [1.54, 1.807) is 0 Å². The molecule has 1 rings (SSSR count). The Kier molecular flexibility index (Phi) is 8.09. The molecule has 0 heterocycles. The first-order chi connectivity index (χ1) is 4.86. The summed E-state index contributed by atoms with van der Waals surface area (Å²) in [6, 6.07) is 7.31. The quantitative estimate of drug-likeness (QED) is 0.436. The maximum absolute atomic E-state index is 5.14. The Morgan fingerprint density at radius 3 is 1.17 bits per heavy atom. The lowest BCUT2D eigenvalue weighted by Crippen LogP contribution is -2.08. The summed E-state index contributed by atoms with van der Waals surface area (Å²) in [6.07, 6.45) is 0. The highest BCUT2D eigenvalue weighted by Crippen LogP contribution is 2.10. The molecule has 0 aliphatic heterocycles. The van der Waals surface area contributed by atoms with Gasteiger partial charge in [-0.25, -0.2) is 0 Å². The van der Waals surface area contributed by atoms with Crippen LogP contribution in [-0.4, -0.2) is 0 Å². The molecule has 70 valence electrons. The number of nitrogens with one attached hydrogen (secondary N) is 2. The van der Waals surface area contributed by atoms with Crippen LogP contribution in [0.5, 0.6) is 0 Å². The maximum atomic E-state index is 5.14. The van der Waals surface area contributed by atoms with E-state index in [0.29, 0.717) is 0 Å². The van der Waals surface area contributed by atoms with Crippen LogP contribution in [0.1, 0.15) is 0 Å². The average Bonchev–Trinajstić information content (AvgIpc) is 2.05. The van der Waals surface area contributed by atoms with Crippen LogP contribution >= 0.6 is 24.8 Å². The Balaban J connectivity index is 0. The van der Waals surface area contributed by atoms with Crippen molar-refractivity contribution in [1.82, 2.24) is 0 Å². The molecule has 4 nitrogen and oxygen atoms in total. The van der Waals surface area contributed by atoms with Gasteiger partial charge in [0.25, 0.3) is 0 Å². The lowest BCUT2D eigenvalue weighted by molar-refractivity contribution is 1.32. The van der Waals surface area contributed by atoms with Crippen molar-refractivity contribution in [2.75, 3.05) is 10.9 Å². The van der Waals surface area contributed by atoms with Gasteiger partial charge in [0, 0.05) is 11.4 Å². The number of anilines is 2. The van der Waals surface area contributed by atoms with Gasteiger partial charge in [0.05, 0.1) is 0 Å². The van der Waals surface area contributed by atoms with Crippen LogP contribution in [0.3, 0.4) is 0 Å². The molecule has 1 aromatic rings. The van der Waals surface area contributed by atoms with Gasteiger partial charge >= 0.3 is 0 Å². The molecular weight excluding hydrogens is 199 g/mol. The van der Waals surface area contributed by atoms with Crippen molar-refractivity contribution in [3.05, 3.63) is 24.3 Å². The molecule has 0 saturated heterocycles. The highest BCUT2D eigenvalue weighted by molar-refractivity contribution is 5.85. The summed E-state index contributed by atoms with van der Waals surface area (Å²) in [6.45, 7) is 0. The zero-order valence-corrected chi connectivity index (χ0v) is 7.91. The van der Waals surface area contributed by atoms with Crippen molar-refractivity contribution in [2.45, 2.75) is 0 Å². The first-order valence-electron chi connectivity index (χ1n) is 2.90. The number of hydrazine groups is 2. The second kappa shape index (κ2) is 7.00. The highest BCUT2D eigenvalue weighted by Gasteiger charge is 1.87. The molecule has 0 aliphatic rings. The molecule has 0 saturated carbocycles. The number of rotatable bonds is 2. The number of nitrogens with two attached hydrogens (primary N) is 2. The van der Waals surface area contributed by atoms with E-state index < -0.39 is 0 Å². The Hall–Kier alpha value is -0.680. The summed E-state index contributed by atoms with van der Waals surface area (Å²) in [4.78, 5) is 0. The lowest BCUT2D eigenvalue weighted by atomic mass is 10.3. The van der Waals surface area contributed by atoms with Gasteiger partial charge in [-0.3, -0.25) is 11.7 Å². The van der Waals surface area contributed by atoms with Crippen molar-refractivity contribution in [3.63, 3.8) is 0 Å². The zero-order valence-electron chi connectivity index (χ0n) is 6.28. The average molecular weight is 211 g/mol. The summed E-state index contributed by atoms with van der Waals surface area (Å²) >= 11 is 0. The molecule has 0 unspecified atom stereocenters. The normalized spacial score (nSPS) is 7.50. The fraction of sp³-hybridized carbons (Fsp3) is 0. The number of hydrogen-bond donors (Lipinski definition) is 4. The van der Waals surface area contributed by atoms with E-state index >= 15 is 0 Å². The third-order valence-electron chi connectivity index (χ3n) is 1.22. The molecule has 0 bridgehead atoms. The molecule has 1 aromatic carbocycles. The largest absolute Gasteiger partial charge is 0.324 e. The molecule has 0 amide bonds. The first kappa shape index (κ1) is 13.9. The minimum atomic E-state index is 0. The van der Waals surface area contributed by atoms with E-state index in [1.807, 2.05) is 24.3 Å². The summed E-state index contributed by atoms with van der Waals surface area (Å²) in [5, 5.41) is 0. The highest BCUT2D eigenvalue weighted by atomic mass is 35.5. The molecule has 12 heavy (non-hydrogen) atoms. The predicted molar refractivity (Wildman–Crippen MR) is 56.6 cm³/mol. The minimum Gasteiger partial charge on any atom is -0.324 e. The van der Waals surface area contributed by atoms with Crippen molar-refractivity contribution >= 4 is 36.2 Å². The number of hydrogen-bond acceptors (Lipinski definition) is 4. The van der Waals surface area contributed by atoms with Crippen molar-refractivity contribution < 1.29 is 0 Å². The second-order valence-electron chi connectivity index (χ2n) is 1.87. The van der Waals surface area contributed by atoms with Crippen molar-refractivity contribution in [2.24, 2.45) is 11.7 Å². The van der Waals surface area contributed by atoms with E-state index in [9.17, 15) is 0 Å². The van der Waals surface area contributed by atoms with Crippen LogP contribution in [0.4, 0.5) is 11.4 Å². The predicted octanol–water partition coefficient (Wildman–Crippen LogP) is 1.10. The molecule has 6 N–H and O–H groups in total. The Bertz CT molecular complexity index is 178. The minimum absolute atomic E-state index is 0. The van der Waals surface area contributed by atoms with Crippen LogP contribution in [-0.2, 0) is 0 Å². The molecule has 0 spiro atoms. The number of nitrogen functional groups attached to an aromatic ring is 2. The van der Waals surface area contributed by atoms with E-state index in [1.165, 1.54) is 0 Å². The third kappa shape index (κ3) is 3.64. The van der Waals surface area contributed by atoms with Gasteiger partial charge in [-0.1, -0.05) is 0 Å². The second-order valence-corrected chi connectivity index (χ2v) is 1.87. The SMILES string of the molecule is Cl.Cl.NNc1ccc(NN)cc1. The summed E-state index contributed by atoms with van der Waals surface area (Å²) in [5.41, 5.74) is 6.74. The van der Waals surface area contributed by atoms with Gasteiger partial charge in [-0.15, -0.1) is 24.8 Å². The molecule has 6 heteroatoms. The third-order valence-corrected chi connectivity index (χ3v) is 1.22. The van der Waals surface area contributed by atoms with Crippen molar-refractivity contribution in [1.29, 1.82) is 0 Å². The molecule has 0 aliphatic carbocycles. The molecule has 0 aromatic heterocycles. The fourth-order valence-corrected chi connectivity index (χ4v) is 0.663. The van der Waals surface area contributed by atoms with Crippen LogP contribution in [0.2, 0.25) is 0 Å². The Labute approximate surface area is 83.5 Å². The van der Waals surface area contributed by atoms with Crippen LogP contribution in [0.15, 0.2) is 24.3 Å². The van der Waals surface area contributed by atoms with Crippen LogP contribution < -0.4 is 22.5 Å². The summed E-state index contributed by atoms with van der Waals surface area (Å²) in [7, 11) is 0. The van der Waals surface area contributed by atoms with Crippen molar-refractivity contribution in [3.8, 4) is 0 Å². The Morgan fingerprint density at radius 1 is 0.750 bits per heavy atom. The van der Waals surface area contributed by atoms with Gasteiger partial charge in [0.15, 0.2) is 0 Å². The van der Waals surface area contributed by atoms with Gasteiger partial charge in [0.1, 0.15) is 0 Å². The number of benzene rings is 1. The molecule has 0 atom stereocenters. The maximum Gasteiger partial charge on any atom is 0.0486 e.